The molecule has 0 aliphatic rings. The average Bonchev–Trinajstić information content (AvgIpc) is 3.26. The lowest BCUT2D eigenvalue weighted by Gasteiger charge is -2.29. The Morgan fingerprint density at radius 3 is 0.607 bits per heavy atom. The van der Waals surface area contributed by atoms with Crippen LogP contribution in [0.2, 0.25) is 0 Å². The van der Waals surface area contributed by atoms with Gasteiger partial charge in [-0.25, -0.2) is 0 Å². The maximum atomic E-state index is 10.7. The van der Waals surface area contributed by atoms with Gasteiger partial charge in [-0.3, -0.25) is 4.90 Å². The molecule has 0 saturated heterocycles. The number of rotatable bonds is 55. The third-order valence-electron chi connectivity index (χ3n) is 14.2. The number of hydrogen-bond acceptors (Lipinski definition) is 3. The van der Waals surface area contributed by atoms with Crippen molar-refractivity contribution in [2.45, 2.75) is 342 Å². The quantitative estimate of drug-likeness (QED) is 0.0488. The molecule has 0 spiro atoms. The van der Waals surface area contributed by atoms with Crippen molar-refractivity contribution in [3.63, 3.8) is 0 Å². The van der Waals surface area contributed by atoms with Gasteiger partial charge in [-0.1, -0.05) is 310 Å². The summed E-state index contributed by atoms with van der Waals surface area (Å²) in [6, 6.07) is 0. The van der Waals surface area contributed by atoms with Crippen molar-refractivity contribution < 1.29 is 5.11 Å². The third kappa shape index (κ3) is 50.7. The molecule has 368 valence electrons. The van der Waals surface area contributed by atoms with E-state index in [1.807, 2.05) is 6.92 Å². The zero-order valence-electron chi connectivity index (χ0n) is 43.4. The van der Waals surface area contributed by atoms with E-state index in [1.165, 1.54) is 321 Å². The van der Waals surface area contributed by atoms with E-state index >= 15 is 0 Å². The highest BCUT2D eigenvalue weighted by molar-refractivity contribution is 4.66. The first-order chi connectivity index (χ1) is 30.2. The van der Waals surface area contributed by atoms with Crippen molar-refractivity contribution >= 4 is 0 Å². The van der Waals surface area contributed by atoms with Crippen molar-refractivity contribution in [2.24, 2.45) is 0 Å². The molecule has 0 aromatic rings. The van der Waals surface area contributed by atoms with E-state index in [2.05, 4.69) is 30.6 Å². The Hall–Kier alpha value is -0.120. The topological polar surface area (TPSA) is 26.7 Å². The summed E-state index contributed by atoms with van der Waals surface area (Å²) >= 11 is 0. The summed E-state index contributed by atoms with van der Waals surface area (Å²) in [7, 11) is 0. The molecule has 0 aliphatic carbocycles. The van der Waals surface area contributed by atoms with Crippen molar-refractivity contribution in [1.82, 2.24) is 9.80 Å². The summed E-state index contributed by atoms with van der Waals surface area (Å²) in [5.74, 6) is 0. The predicted molar refractivity (Wildman–Crippen MR) is 278 cm³/mol. The standard InChI is InChI=1S/C58H120N2O/c1-5-8-11-14-17-20-23-26-29-32-35-38-41-44-47-50-53-59(54-51-48-45-42-39-36-33-30-27-24-21-18-15-12-9-6-2)56-57-60(58(4)61)55-52-49-46-43-40-37-34-31-28-25-22-19-16-13-10-7-3/h58,61H,5-57H2,1-4H3. The second-order valence-corrected chi connectivity index (χ2v) is 20.4. The van der Waals surface area contributed by atoms with Gasteiger partial charge in [-0.15, -0.1) is 0 Å². The maximum absolute atomic E-state index is 10.7. The van der Waals surface area contributed by atoms with Crippen LogP contribution in [0.1, 0.15) is 336 Å². The van der Waals surface area contributed by atoms with Crippen LogP contribution in [0.5, 0.6) is 0 Å². The molecule has 3 heteroatoms. The fraction of sp³-hybridized carbons (Fsp3) is 1.00. The minimum absolute atomic E-state index is 0.329. The Labute approximate surface area is 388 Å². The largest absolute Gasteiger partial charge is 0.379 e. The Kier molecular flexibility index (Phi) is 54.1. The van der Waals surface area contributed by atoms with Gasteiger partial charge in [0, 0.05) is 19.6 Å². The van der Waals surface area contributed by atoms with Crippen LogP contribution < -0.4 is 0 Å². The molecule has 1 N–H and O–H groups in total. The molecule has 1 atom stereocenters. The molecule has 0 heterocycles. The SMILES string of the molecule is CCCCCCCCCCCCCCCCCCN(CCCCCCCCCCCCCCCCCC)CCN(CCCCCCCCCCCCCCCCCC)C(C)O. The molecule has 1 unspecified atom stereocenters. The lowest BCUT2D eigenvalue weighted by molar-refractivity contribution is 0.0111. The van der Waals surface area contributed by atoms with Crippen molar-refractivity contribution in [2.75, 3.05) is 32.7 Å². The fourth-order valence-corrected chi connectivity index (χ4v) is 9.72. The van der Waals surface area contributed by atoms with Gasteiger partial charge in [-0.2, -0.15) is 0 Å². The first-order valence-electron chi connectivity index (χ1n) is 29.3. The van der Waals surface area contributed by atoms with Crippen LogP contribution in [0.15, 0.2) is 0 Å². The van der Waals surface area contributed by atoms with Crippen LogP contribution >= 0.6 is 0 Å². The average molecular weight is 862 g/mol. The summed E-state index contributed by atoms with van der Waals surface area (Å²) in [5, 5.41) is 10.7. The lowest BCUT2D eigenvalue weighted by Crippen LogP contribution is -2.41. The Morgan fingerprint density at radius 1 is 0.230 bits per heavy atom. The lowest BCUT2D eigenvalue weighted by atomic mass is 10.0. The molecule has 0 aliphatic heterocycles. The van der Waals surface area contributed by atoms with E-state index in [1.54, 1.807) is 0 Å². The van der Waals surface area contributed by atoms with Crippen molar-refractivity contribution in [3.8, 4) is 0 Å². The second kappa shape index (κ2) is 54.2. The van der Waals surface area contributed by atoms with Crippen LogP contribution in [0.3, 0.4) is 0 Å². The molecule has 61 heavy (non-hydrogen) atoms. The van der Waals surface area contributed by atoms with Gasteiger partial charge in [-0.05, 0) is 39.3 Å². The highest BCUT2D eigenvalue weighted by Gasteiger charge is 2.13. The summed E-state index contributed by atoms with van der Waals surface area (Å²) in [5.41, 5.74) is 0. The van der Waals surface area contributed by atoms with Crippen molar-refractivity contribution in [3.05, 3.63) is 0 Å². The van der Waals surface area contributed by atoms with E-state index < -0.39 is 0 Å². The van der Waals surface area contributed by atoms with Gasteiger partial charge >= 0.3 is 0 Å². The second-order valence-electron chi connectivity index (χ2n) is 20.4. The number of aliphatic hydroxyl groups is 1. The Morgan fingerprint density at radius 2 is 0.410 bits per heavy atom. The van der Waals surface area contributed by atoms with Gasteiger partial charge < -0.3 is 10.0 Å². The van der Waals surface area contributed by atoms with E-state index in [9.17, 15) is 5.11 Å². The van der Waals surface area contributed by atoms with Gasteiger partial charge in [0.25, 0.3) is 0 Å². The predicted octanol–water partition coefficient (Wildman–Crippen LogP) is 19.7. The maximum Gasteiger partial charge on any atom is 0.104 e. The van der Waals surface area contributed by atoms with Crippen LogP contribution in [-0.4, -0.2) is 53.9 Å². The number of aliphatic hydroxyl groups excluding tert-OH is 1. The first-order valence-corrected chi connectivity index (χ1v) is 29.3. The molecular formula is C58H120N2O. The highest BCUT2D eigenvalue weighted by Crippen LogP contribution is 2.18. The molecule has 0 bridgehead atoms. The van der Waals surface area contributed by atoms with E-state index in [0.717, 1.165) is 19.6 Å². The molecule has 0 rings (SSSR count). The molecular weight excluding hydrogens is 741 g/mol. The van der Waals surface area contributed by atoms with Gasteiger partial charge in [0.05, 0.1) is 0 Å². The normalized spacial score (nSPS) is 12.4. The van der Waals surface area contributed by atoms with Crippen LogP contribution in [0, 0.1) is 0 Å². The molecule has 0 amide bonds. The zero-order chi connectivity index (χ0) is 44.2. The highest BCUT2D eigenvalue weighted by atomic mass is 16.3. The minimum atomic E-state index is -0.329. The summed E-state index contributed by atoms with van der Waals surface area (Å²) in [4.78, 5) is 5.15. The summed E-state index contributed by atoms with van der Waals surface area (Å²) in [6.45, 7) is 14.7. The van der Waals surface area contributed by atoms with E-state index in [-0.39, 0.29) is 6.23 Å². The Balaban J connectivity index is 4.26. The zero-order valence-corrected chi connectivity index (χ0v) is 43.4. The van der Waals surface area contributed by atoms with Crippen LogP contribution in [-0.2, 0) is 0 Å². The number of hydrogen-bond donors (Lipinski definition) is 1. The van der Waals surface area contributed by atoms with Gasteiger partial charge in [0.1, 0.15) is 6.23 Å². The molecule has 0 saturated carbocycles. The first kappa shape index (κ1) is 60.9. The monoisotopic (exact) mass is 861 g/mol. The van der Waals surface area contributed by atoms with Crippen LogP contribution in [0.4, 0.5) is 0 Å². The summed E-state index contributed by atoms with van der Waals surface area (Å²) in [6.07, 6.45) is 68.3. The van der Waals surface area contributed by atoms with Crippen molar-refractivity contribution in [1.29, 1.82) is 0 Å². The van der Waals surface area contributed by atoms with E-state index in [0.29, 0.717) is 0 Å². The molecule has 0 aromatic heterocycles. The number of nitrogens with zero attached hydrogens (tertiary/aromatic N) is 2. The Bertz CT molecular complexity index is 720. The van der Waals surface area contributed by atoms with Crippen LogP contribution in [0.25, 0.3) is 0 Å². The molecule has 0 fully saturated rings. The van der Waals surface area contributed by atoms with E-state index in [4.69, 9.17) is 0 Å². The molecule has 0 aromatic carbocycles. The molecule has 0 radical (unpaired) electrons. The summed E-state index contributed by atoms with van der Waals surface area (Å²) < 4.78 is 0. The molecule has 3 nitrogen and oxygen atoms in total. The third-order valence-corrected chi connectivity index (χ3v) is 14.2. The van der Waals surface area contributed by atoms with Gasteiger partial charge in [0.15, 0.2) is 0 Å². The number of unbranched alkanes of at least 4 members (excludes halogenated alkanes) is 45. The smallest absolute Gasteiger partial charge is 0.104 e. The minimum Gasteiger partial charge on any atom is -0.379 e. The van der Waals surface area contributed by atoms with Gasteiger partial charge in [0.2, 0.25) is 0 Å². The fourth-order valence-electron chi connectivity index (χ4n) is 9.72.